The Bertz CT molecular complexity index is 932. The molecule has 2 aromatic rings. The van der Waals surface area contributed by atoms with E-state index in [-0.39, 0.29) is 12.3 Å². The Morgan fingerprint density at radius 1 is 0.935 bits per heavy atom. The van der Waals surface area contributed by atoms with Crippen molar-refractivity contribution < 1.29 is 14.7 Å². The van der Waals surface area contributed by atoms with Gasteiger partial charge in [0.25, 0.3) is 5.91 Å². The lowest BCUT2D eigenvalue weighted by atomic mass is 10.1. The Morgan fingerprint density at radius 2 is 1.71 bits per heavy atom. The largest absolute Gasteiger partial charge is 0.481 e. The van der Waals surface area contributed by atoms with Crippen molar-refractivity contribution in [3.63, 3.8) is 0 Å². The minimum absolute atomic E-state index is 0.0381. The van der Waals surface area contributed by atoms with Crippen LogP contribution in [0, 0.1) is 0 Å². The zero-order valence-corrected chi connectivity index (χ0v) is 17.7. The molecule has 2 aromatic carbocycles. The maximum absolute atomic E-state index is 12.9. The third kappa shape index (κ3) is 7.17. The van der Waals surface area contributed by atoms with Crippen LogP contribution in [0.5, 0.6) is 0 Å². The molecule has 0 radical (unpaired) electrons. The van der Waals surface area contributed by atoms with E-state index in [1.165, 1.54) is 6.42 Å². The fourth-order valence-corrected chi connectivity index (χ4v) is 3.51. The highest BCUT2D eigenvalue weighted by Gasteiger charge is 2.19. The number of aliphatic imine (C=N–C) groups is 2. The molecule has 0 aliphatic carbocycles. The number of carbonyl (C=O) groups is 2. The summed E-state index contributed by atoms with van der Waals surface area (Å²) in [7, 11) is 0. The Labute approximate surface area is 183 Å². The van der Waals surface area contributed by atoms with Gasteiger partial charge in [0, 0.05) is 37.5 Å². The maximum Gasteiger partial charge on any atom is 0.303 e. The van der Waals surface area contributed by atoms with Crippen molar-refractivity contribution in [2.75, 3.05) is 13.1 Å². The zero-order chi connectivity index (χ0) is 21.9. The number of likely N-dealkylation sites (tertiary alicyclic amines) is 1. The van der Waals surface area contributed by atoms with Gasteiger partial charge in [-0.3, -0.25) is 19.6 Å². The van der Waals surface area contributed by atoms with Crippen LogP contribution in [0.4, 0.5) is 11.4 Å². The van der Waals surface area contributed by atoms with Crippen LogP contribution in [0.3, 0.4) is 0 Å². The molecule has 1 aliphatic heterocycles. The molecule has 3 rings (SSSR count). The standard InChI is InChI=1S/C25H29N3O3/c29-24(30)12-6-2-7-15-26-23-18-21(25(31)28-16-8-3-9-17-28)13-14-22(23)27-19-20-10-4-1-5-11-20/h1,4-5,10-11,13-15,18-19H,2-3,6-9,12,16-17H2,(H,29,30). The summed E-state index contributed by atoms with van der Waals surface area (Å²) in [6, 6.07) is 15.3. The number of carboxylic acid groups (broad SMARTS) is 1. The number of carbonyl (C=O) groups excluding carboxylic acids is 1. The first-order chi connectivity index (χ1) is 15.1. The molecular formula is C25H29N3O3. The summed E-state index contributed by atoms with van der Waals surface area (Å²) < 4.78 is 0. The molecule has 1 heterocycles. The lowest BCUT2D eigenvalue weighted by molar-refractivity contribution is -0.137. The van der Waals surface area contributed by atoms with Crippen LogP contribution in [-0.4, -0.2) is 47.4 Å². The number of nitrogens with zero attached hydrogens (tertiary/aromatic N) is 3. The van der Waals surface area contributed by atoms with Gasteiger partial charge < -0.3 is 10.0 Å². The quantitative estimate of drug-likeness (QED) is 0.436. The van der Waals surface area contributed by atoms with Crippen molar-refractivity contribution in [3.8, 4) is 0 Å². The first-order valence-electron chi connectivity index (χ1n) is 10.9. The molecule has 1 aliphatic rings. The third-order valence-corrected chi connectivity index (χ3v) is 5.22. The van der Waals surface area contributed by atoms with Crippen LogP contribution in [-0.2, 0) is 4.79 Å². The average molecular weight is 420 g/mol. The molecule has 1 amide bonds. The molecule has 0 aromatic heterocycles. The SMILES string of the molecule is O=C(O)CCCCC=Nc1cc(C(=O)N2CCCCC2)ccc1N=Cc1ccccc1. The van der Waals surface area contributed by atoms with Crippen molar-refractivity contribution in [2.24, 2.45) is 9.98 Å². The molecule has 31 heavy (non-hydrogen) atoms. The fraction of sp³-hybridized carbons (Fsp3) is 0.360. The van der Waals surface area contributed by atoms with E-state index in [0.29, 0.717) is 29.8 Å². The highest BCUT2D eigenvalue weighted by Crippen LogP contribution is 2.30. The van der Waals surface area contributed by atoms with Gasteiger partial charge in [-0.25, -0.2) is 0 Å². The van der Waals surface area contributed by atoms with Gasteiger partial charge in [0.2, 0.25) is 0 Å². The zero-order valence-electron chi connectivity index (χ0n) is 17.7. The minimum atomic E-state index is -0.779. The number of unbranched alkanes of at least 4 members (excludes halogenated alkanes) is 2. The van der Waals surface area contributed by atoms with Gasteiger partial charge in [-0.15, -0.1) is 0 Å². The number of hydrogen-bond acceptors (Lipinski definition) is 4. The summed E-state index contributed by atoms with van der Waals surface area (Å²) >= 11 is 0. The minimum Gasteiger partial charge on any atom is -0.481 e. The van der Waals surface area contributed by atoms with Crippen molar-refractivity contribution in [3.05, 3.63) is 59.7 Å². The van der Waals surface area contributed by atoms with Crippen molar-refractivity contribution in [2.45, 2.75) is 44.9 Å². The van der Waals surface area contributed by atoms with E-state index in [9.17, 15) is 9.59 Å². The van der Waals surface area contributed by atoms with E-state index < -0.39 is 5.97 Å². The number of benzene rings is 2. The average Bonchev–Trinajstić information content (AvgIpc) is 2.81. The van der Waals surface area contributed by atoms with Crippen molar-refractivity contribution >= 4 is 35.7 Å². The summed E-state index contributed by atoms with van der Waals surface area (Å²) in [5, 5.41) is 8.74. The molecule has 1 N–H and O–H groups in total. The lowest BCUT2D eigenvalue weighted by Crippen LogP contribution is -2.35. The van der Waals surface area contributed by atoms with Gasteiger partial charge in [0.05, 0.1) is 11.4 Å². The number of carboxylic acids is 1. The number of piperidine rings is 1. The van der Waals surface area contributed by atoms with E-state index in [1.54, 1.807) is 12.4 Å². The Balaban J connectivity index is 1.77. The molecule has 0 bridgehead atoms. The molecule has 0 unspecified atom stereocenters. The summed E-state index contributed by atoms with van der Waals surface area (Å²) in [6.45, 7) is 1.60. The third-order valence-electron chi connectivity index (χ3n) is 5.22. The first kappa shape index (κ1) is 22.4. The van der Waals surface area contributed by atoms with Crippen LogP contribution >= 0.6 is 0 Å². The molecule has 6 heteroatoms. The number of hydrogen-bond donors (Lipinski definition) is 1. The Morgan fingerprint density at radius 3 is 2.45 bits per heavy atom. The van der Waals surface area contributed by atoms with Crippen molar-refractivity contribution in [1.82, 2.24) is 4.90 Å². The van der Waals surface area contributed by atoms with Crippen LogP contribution < -0.4 is 0 Å². The predicted molar refractivity (Wildman–Crippen MR) is 124 cm³/mol. The van der Waals surface area contributed by atoms with Gasteiger partial charge >= 0.3 is 5.97 Å². The molecule has 1 fully saturated rings. The van der Waals surface area contributed by atoms with E-state index in [0.717, 1.165) is 37.9 Å². The molecule has 0 atom stereocenters. The highest BCUT2D eigenvalue weighted by molar-refractivity contribution is 5.96. The summed E-state index contributed by atoms with van der Waals surface area (Å²) in [4.78, 5) is 34.6. The molecule has 1 saturated heterocycles. The monoisotopic (exact) mass is 419 g/mol. The van der Waals surface area contributed by atoms with Crippen LogP contribution in [0.25, 0.3) is 0 Å². The molecular weight excluding hydrogens is 390 g/mol. The number of amides is 1. The number of aliphatic carboxylic acids is 1. The van der Waals surface area contributed by atoms with Gasteiger partial charge in [0.1, 0.15) is 0 Å². The van der Waals surface area contributed by atoms with Gasteiger partial charge in [0.15, 0.2) is 0 Å². The van der Waals surface area contributed by atoms with Crippen molar-refractivity contribution in [1.29, 1.82) is 0 Å². The number of rotatable bonds is 9. The van der Waals surface area contributed by atoms with E-state index in [2.05, 4.69) is 9.98 Å². The fourth-order valence-electron chi connectivity index (χ4n) is 3.51. The first-order valence-corrected chi connectivity index (χ1v) is 10.9. The summed E-state index contributed by atoms with van der Waals surface area (Å²) in [5.41, 5.74) is 2.95. The molecule has 6 nitrogen and oxygen atoms in total. The lowest BCUT2D eigenvalue weighted by Gasteiger charge is -2.26. The second-order valence-electron chi connectivity index (χ2n) is 7.68. The summed E-state index contributed by atoms with van der Waals surface area (Å²) in [6.07, 6.45) is 9.06. The van der Waals surface area contributed by atoms with Gasteiger partial charge in [-0.2, -0.15) is 0 Å². The van der Waals surface area contributed by atoms with Crippen LogP contribution in [0.1, 0.15) is 60.9 Å². The normalized spacial score (nSPS) is 14.4. The van der Waals surface area contributed by atoms with E-state index in [4.69, 9.17) is 5.11 Å². The molecule has 162 valence electrons. The Hall–Kier alpha value is -3.28. The Kier molecular flexibility index (Phi) is 8.52. The summed E-state index contributed by atoms with van der Waals surface area (Å²) in [5.74, 6) is -0.741. The molecule has 0 saturated carbocycles. The second kappa shape index (κ2) is 11.8. The predicted octanol–water partition coefficient (Wildman–Crippen LogP) is 5.41. The second-order valence-corrected chi connectivity index (χ2v) is 7.68. The van der Waals surface area contributed by atoms with Gasteiger partial charge in [-0.1, -0.05) is 30.3 Å². The smallest absolute Gasteiger partial charge is 0.303 e. The van der Waals surface area contributed by atoms with E-state index in [1.807, 2.05) is 53.4 Å². The highest BCUT2D eigenvalue weighted by atomic mass is 16.4. The van der Waals surface area contributed by atoms with E-state index >= 15 is 0 Å². The van der Waals surface area contributed by atoms with Crippen LogP contribution in [0.15, 0.2) is 58.5 Å². The topological polar surface area (TPSA) is 82.3 Å². The maximum atomic E-state index is 12.9. The van der Waals surface area contributed by atoms with Gasteiger partial charge in [-0.05, 0) is 62.3 Å². The van der Waals surface area contributed by atoms with Crippen LogP contribution in [0.2, 0.25) is 0 Å². The molecule has 0 spiro atoms.